The van der Waals surface area contributed by atoms with E-state index in [1.807, 2.05) is 6.92 Å². The Hall–Kier alpha value is -2.89. The molecule has 0 atom stereocenters. The fourth-order valence-corrected chi connectivity index (χ4v) is 1.98. The molecular formula is C14H11N3O3. The number of benzene rings is 1. The number of rotatable bonds is 2. The van der Waals surface area contributed by atoms with Crippen molar-refractivity contribution < 1.29 is 9.21 Å². The number of oxazole rings is 1. The normalized spacial score (nSPS) is 10.7. The van der Waals surface area contributed by atoms with E-state index in [4.69, 9.17) is 4.42 Å². The van der Waals surface area contributed by atoms with E-state index in [0.717, 1.165) is 5.69 Å². The molecule has 1 amide bonds. The third-order valence-corrected chi connectivity index (χ3v) is 2.86. The molecule has 0 spiro atoms. The number of carbonyl (C=O) groups excluding carboxylic acids is 1. The standard InChI is InChI=1S/C14H11N3O3/c1-8-7-9(5-6-15-8)16-13(18)10-3-2-4-11-12(10)17-14(19)20-11/h2-7H,1H3,(H,17,19)(H,15,16,18). The lowest BCUT2D eigenvalue weighted by Crippen LogP contribution is -2.13. The SMILES string of the molecule is Cc1cc(NC(=O)c2cccc3oc(=O)[nH]c23)ccn1. The maximum Gasteiger partial charge on any atom is 0.417 e. The number of aryl methyl sites for hydroxylation is 1. The van der Waals surface area contributed by atoms with Crippen LogP contribution in [0.2, 0.25) is 0 Å². The number of nitrogens with one attached hydrogen (secondary N) is 2. The largest absolute Gasteiger partial charge is 0.417 e. The molecule has 2 N–H and O–H groups in total. The van der Waals surface area contributed by atoms with E-state index in [1.165, 1.54) is 0 Å². The maximum absolute atomic E-state index is 12.3. The zero-order valence-corrected chi connectivity index (χ0v) is 10.6. The Bertz CT molecular complexity index is 848. The minimum Gasteiger partial charge on any atom is -0.408 e. The molecule has 0 unspecified atom stereocenters. The van der Waals surface area contributed by atoms with Crippen molar-refractivity contribution in [3.8, 4) is 0 Å². The lowest BCUT2D eigenvalue weighted by molar-refractivity contribution is 0.102. The van der Waals surface area contributed by atoms with Gasteiger partial charge in [-0.2, -0.15) is 0 Å². The lowest BCUT2D eigenvalue weighted by atomic mass is 10.1. The van der Waals surface area contributed by atoms with Crippen LogP contribution in [0.1, 0.15) is 16.1 Å². The van der Waals surface area contributed by atoms with Crippen molar-refractivity contribution in [1.82, 2.24) is 9.97 Å². The first-order valence-electron chi connectivity index (χ1n) is 5.99. The predicted molar refractivity (Wildman–Crippen MR) is 73.8 cm³/mol. The molecule has 3 aromatic rings. The summed E-state index contributed by atoms with van der Waals surface area (Å²) in [6.07, 6.45) is 1.62. The number of fused-ring (bicyclic) bond motifs is 1. The van der Waals surface area contributed by atoms with E-state index in [2.05, 4.69) is 15.3 Å². The molecule has 0 fully saturated rings. The zero-order chi connectivity index (χ0) is 14.1. The van der Waals surface area contributed by atoms with Crippen molar-refractivity contribution >= 4 is 22.7 Å². The molecule has 0 saturated heterocycles. The Balaban J connectivity index is 1.98. The average Bonchev–Trinajstić information content (AvgIpc) is 2.78. The van der Waals surface area contributed by atoms with E-state index in [1.54, 1.807) is 36.5 Å². The number of anilines is 1. The van der Waals surface area contributed by atoms with Crippen LogP contribution in [-0.2, 0) is 0 Å². The molecule has 0 aliphatic carbocycles. The van der Waals surface area contributed by atoms with Gasteiger partial charge in [0.05, 0.1) is 11.1 Å². The van der Waals surface area contributed by atoms with E-state index >= 15 is 0 Å². The summed E-state index contributed by atoms with van der Waals surface area (Å²) in [6, 6.07) is 8.36. The molecule has 0 aliphatic heterocycles. The van der Waals surface area contributed by atoms with Gasteiger partial charge in [-0.25, -0.2) is 4.79 Å². The van der Waals surface area contributed by atoms with Gasteiger partial charge >= 0.3 is 5.76 Å². The van der Waals surface area contributed by atoms with E-state index < -0.39 is 5.76 Å². The van der Waals surface area contributed by atoms with Gasteiger partial charge < -0.3 is 9.73 Å². The first-order chi connectivity index (χ1) is 9.63. The fraction of sp³-hybridized carbons (Fsp3) is 0.0714. The second-order valence-corrected chi connectivity index (χ2v) is 4.33. The van der Waals surface area contributed by atoms with Crippen LogP contribution >= 0.6 is 0 Å². The maximum atomic E-state index is 12.3. The molecule has 6 nitrogen and oxygen atoms in total. The summed E-state index contributed by atoms with van der Waals surface area (Å²) in [5.41, 5.74) is 2.54. The average molecular weight is 269 g/mol. The van der Waals surface area contributed by atoms with Gasteiger partial charge in [0.15, 0.2) is 5.58 Å². The number of para-hydroxylation sites is 1. The van der Waals surface area contributed by atoms with E-state index in [0.29, 0.717) is 22.4 Å². The monoisotopic (exact) mass is 269 g/mol. The third-order valence-electron chi connectivity index (χ3n) is 2.86. The first kappa shape index (κ1) is 12.2. The highest BCUT2D eigenvalue weighted by Crippen LogP contribution is 2.17. The molecule has 20 heavy (non-hydrogen) atoms. The predicted octanol–water partition coefficient (Wildman–Crippen LogP) is 2.08. The van der Waals surface area contributed by atoms with Crippen molar-refractivity contribution in [3.63, 3.8) is 0 Å². The van der Waals surface area contributed by atoms with Crippen molar-refractivity contribution in [2.24, 2.45) is 0 Å². The van der Waals surface area contributed by atoms with Gasteiger partial charge in [-0.05, 0) is 31.2 Å². The van der Waals surface area contributed by atoms with Crippen LogP contribution in [0.3, 0.4) is 0 Å². The Morgan fingerprint density at radius 2 is 2.20 bits per heavy atom. The van der Waals surface area contributed by atoms with Crippen molar-refractivity contribution in [1.29, 1.82) is 0 Å². The summed E-state index contributed by atoms with van der Waals surface area (Å²) >= 11 is 0. The van der Waals surface area contributed by atoms with Gasteiger partial charge in [-0.3, -0.25) is 14.8 Å². The number of aromatic nitrogens is 2. The number of aromatic amines is 1. The molecule has 6 heteroatoms. The molecular weight excluding hydrogens is 258 g/mol. The van der Waals surface area contributed by atoms with Crippen molar-refractivity contribution in [3.05, 3.63) is 58.3 Å². The van der Waals surface area contributed by atoms with Crippen LogP contribution in [0.25, 0.3) is 11.1 Å². The molecule has 0 radical (unpaired) electrons. The molecule has 2 heterocycles. The Morgan fingerprint density at radius 1 is 1.35 bits per heavy atom. The lowest BCUT2D eigenvalue weighted by Gasteiger charge is -2.06. The topological polar surface area (TPSA) is 88.0 Å². The minimum absolute atomic E-state index is 0.321. The van der Waals surface area contributed by atoms with Crippen molar-refractivity contribution in [2.45, 2.75) is 6.92 Å². The number of nitrogens with zero attached hydrogens (tertiary/aromatic N) is 1. The van der Waals surface area contributed by atoms with Gasteiger partial charge in [0.25, 0.3) is 5.91 Å². The van der Waals surface area contributed by atoms with Gasteiger partial charge in [0, 0.05) is 17.6 Å². The highest BCUT2D eigenvalue weighted by atomic mass is 16.4. The fourth-order valence-electron chi connectivity index (χ4n) is 1.98. The molecule has 0 saturated carbocycles. The first-order valence-corrected chi connectivity index (χ1v) is 5.99. The summed E-state index contributed by atoms with van der Waals surface area (Å²) in [5.74, 6) is -0.904. The van der Waals surface area contributed by atoms with Crippen LogP contribution < -0.4 is 11.1 Å². The Labute approximate surface area is 113 Å². The van der Waals surface area contributed by atoms with Crippen LogP contribution in [0.4, 0.5) is 5.69 Å². The second kappa shape index (κ2) is 4.65. The molecule has 0 bridgehead atoms. The highest BCUT2D eigenvalue weighted by molar-refractivity contribution is 6.11. The summed E-state index contributed by atoms with van der Waals surface area (Å²) in [4.78, 5) is 30.0. The summed E-state index contributed by atoms with van der Waals surface area (Å²) in [6.45, 7) is 1.84. The number of hydrogen-bond acceptors (Lipinski definition) is 4. The smallest absolute Gasteiger partial charge is 0.408 e. The van der Waals surface area contributed by atoms with Gasteiger partial charge in [0.2, 0.25) is 0 Å². The molecule has 2 aromatic heterocycles. The van der Waals surface area contributed by atoms with Crippen LogP contribution in [0.5, 0.6) is 0 Å². The van der Waals surface area contributed by atoms with E-state index in [-0.39, 0.29) is 5.91 Å². The summed E-state index contributed by atoms with van der Waals surface area (Å²) < 4.78 is 4.93. The van der Waals surface area contributed by atoms with Crippen LogP contribution in [0, 0.1) is 6.92 Å². The molecule has 0 aliphatic rings. The van der Waals surface area contributed by atoms with Crippen LogP contribution in [-0.4, -0.2) is 15.9 Å². The van der Waals surface area contributed by atoms with Gasteiger partial charge in [-0.1, -0.05) is 6.07 Å². The number of hydrogen-bond donors (Lipinski definition) is 2. The van der Waals surface area contributed by atoms with Gasteiger partial charge in [-0.15, -0.1) is 0 Å². The molecule has 100 valence electrons. The van der Waals surface area contributed by atoms with Crippen molar-refractivity contribution in [2.75, 3.05) is 5.32 Å². The number of H-pyrrole nitrogens is 1. The highest BCUT2D eigenvalue weighted by Gasteiger charge is 2.13. The van der Waals surface area contributed by atoms with Crippen LogP contribution in [0.15, 0.2) is 45.7 Å². The summed E-state index contributed by atoms with van der Waals surface area (Å²) in [7, 11) is 0. The molecule has 1 aromatic carbocycles. The molecule has 3 rings (SSSR count). The van der Waals surface area contributed by atoms with Gasteiger partial charge in [0.1, 0.15) is 0 Å². The number of carbonyl (C=O) groups is 1. The number of pyridine rings is 1. The summed E-state index contributed by atoms with van der Waals surface area (Å²) in [5, 5.41) is 2.76. The Kier molecular flexibility index (Phi) is 2.83. The quantitative estimate of drug-likeness (QED) is 0.745. The Morgan fingerprint density at radius 3 is 3.00 bits per heavy atom. The third kappa shape index (κ3) is 2.18. The van der Waals surface area contributed by atoms with E-state index in [9.17, 15) is 9.59 Å². The second-order valence-electron chi connectivity index (χ2n) is 4.33. The number of amides is 1. The minimum atomic E-state index is -0.583. The zero-order valence-electron chi connectivity index (χ0n) is 10.6.